The Balaban J connectivity index is 2.10. The minimum absolute atomic E-state index is 0.0374. The number of hydrogen-bond acceptors (Lipinski definition) is 3. The third kappa shape index (κ3) is 3.06. The predicted octanol–water partition coefficient (Wildman–Crippen LogP) is 4.44. The highest BCUT2D eigenvalue weighted by atomic mass is 32.1. The summed E-state index contributed by atoms with van der Waals surface area (Å²) in [7, 11) is 0. The van der Waals surface area contributed by atoms with Gasteiger partial charge in [-0.3, -0.25) is 4.98 Å². The summed E-state index contributed by atoms with van der Waals surface area (Å²) in [4.78, 5) is 5.15. The molecule has 1 atom stereocenters. The largest absolute Gasteiger partial charge is 0.469 e. The van der Waals surface area contributed by atoms with Gasteiger partial charge in [0.2, 0.25) is 0 Å². The van der Waals surface area contributed by atoms with Crippen LogP contribution < -0.4 is 0 Å². The Hall–Kier alpha value is -1.91. The number of thiazole rings is 1. The summed E-state index contributed by atoms with van der Waals surface area (Å²) >= 11 is 2.19. The van der Waals surface area contributed by atoms with Gasteiger partial charge in [-0.25, -0.2) is 0 Å². The van der Waals surface area contributed by atoms with Crippen molar-refractivity contribution in [3.8, 4) is 0 Å². The maximum atomic E-state index is 11.8. The molecule has 0 radical (unpaired) electrons. The first-order valence-corrected chi connectivity index (χ1v) is 8.35. The number of benzene rings is 2. The van der Waals surface area contributed by atoms with Gasteiger partial charge in [0.25, 0.3) is 5.25 Å². The molecule has 104 valence electrons. The van der Waals surface area contributed by atoms with Gasteiger partial charge in [0.15, 0.2) is 0 Å². The molecule has 0 bridgehead atoms. The van der Waals surface area contributed by atoms with Gasteiger partial charge in [-0.05, 0) is 11.1 Å². The maximum Gasteiger partial charge on any atom is 0.469 e. The Labute approximate surface area is 132 Å². The van der Waals surface area contributed by atoms with Gasteiger partial charge in [0.1, 0.15) is 0 Å². The van der Waals surface area contributed by atoms with Crippen LogP contribution in [0.1, 0.15) is 27.2 Å². The van der Waals surface area contributed by atoms with Crippen molar-refractivity contribution >= 4 is 23.0 Å². The molecule has 1 aromatic heterocycles. The van der Waals surface area contributed by atoms with Crippen LogP contribution in [0.3, 0.4) is 0 Å². The zero-order valence-electron chi connectivity index (χ0n) is 11.3. The molecule has 3 rings (SSSR count). The Bertz CT molecular complexity index is 644. The van der Waals surface area contributed by atoms with E-state index in [0.29, 0.717) is 11.7 Å². The van der Waals surface area contributed by atoms with Crippen LogP contribution >= 0.6 is 11.3 Å². The van der Waals surface area contributed by atoms with E-state index in [0.717, 1.165) is 16.0 Å². The van der Waals surface area contributed by atoms with Crippen molar-refractivity contribution in [1.82, 2.24) is 4.98 Å². The molecule has 0 saturated heterocycles. The molecule has 2 nitrogen and oxygen atoms in total. The van der Waals surface area contributed by atoms with Gasteiger partial charge in [-0.2, -0.15) is 0 Å². The Morgan fingerprint density at radius 3 is 1.90 bits per heavy atom. The summed E-state index contributed by atoms with van der Waals surface area (Å²) in [6.07, 6.45) is 1.80. The van der Waals surface area contributed by atoms with Gasteiger partial charge >= 0.3 is 11.7 Å². The molecule has 0 saturated carbocycles. The van der Waals surface area contributed by atoms with E-state index in [1.807, 2.05) is 36.4 Å². The smallest absolute Gasteiger partial charge is 0.253 e. The third-order valence-electron chi connectivity index (χ3n) is 3.46. The third-order valence-corrected chi connectivity index (χ3v) is 5.20. The summed E-state index contributed by atoms with van der Waals surface area (Å²) < 4.78 is 11.8. The van der Waals surface area contributed by atoms with E-state index < -0.39 is 0 Å². The summed E-state index contributed by atoms with van der Waals surface area (Å²) in [5.74, 6) is 0.0374. The van der Waals surface area contributed by atoms with Crippen molar-refractivity contribution in [2.45, 2.75) is 11.2 Å². The van der Waals surface area contributed by atoms with Crippen molar-refractivity contribution in [3.05, 3.63) is 88.4 Å². The molecular weight excluding hydrogens is 298 g/mol. The van der Waals surface area contributed by atoms with Crippen molar-refractivity contribution in [1.29, 1.82) is 0 Å². The second-order valence-electron chi connectivity index (χ2n) is 4.72. The Morgan fingerprint density at radius 1 is 0.905 bits per heavy atom. The zero-order chi connectivity index (χ0) is 14.5. The van der Waals surface area contributed by atoms with Crippen molar-refractivity contribution in [2.75, 3.05) is 0 Å². The lowest BCUT2D eigenvalue weighted by molar-refractivity contribution is 0.594. The molecule has 0 fully saturated rings. The molecule has 21 heavy (non-hydrogen) atoms. The van der Waals surface area contributed by atoms with Crippen LogP contribution in [0.4, 0.5) is 0 Å². The van der Waals surface area contributed by atoms with Crippen LogP contribution in [-0.4, -0.2) is 4.98 Å². The van der Waals surface area contributed by atoms with E-state index in [1.54, 1.807) is 23.0 Å². The minimum Gasteiger partial charge on any atom is -0.253 e. The monoisotopic (exact) mass is 312 g/mol. The van der Waals surface area contributed by atoms with Gasteiger partial charge in [-0.15, -0.1) is 11.3 Å². The second kappa shape index (κ2) is 6.70. The summed E-state index contributed by atoms with van der Waals surface area (Å²) in [6.45, 7) is 0. The molecule has 4 heteroatoms. The topological polar surface area (TPSA) is 30.0 Å². The number of aromatic nitrogens is 1. The normalized spacial score (nSPS) is 12.2. The molecule has 0 aliphatic carbocycles. The van der Waals surface area contributed by atoms with Crippen molar-refractivity contribution in [3.63, 3.8) is 0 Å². The van der Waals surface area contributed by atoms with E-state index in [1.165, 1.54) is 0 Å². The molecule has 0 aliphatic heterocycles. The first-order valence-electron chi connectivity index (χ1n) is 6.67. The Kier molecular flexibility index (Phi) is 4.48. The standard InChI is InChI=1S/C17H14NOS2/c19-21-17(15-11-18-12-20-15)16(13-7-3-1-4-8-13)14-9-5-2-6-10-14/h1-12,16-17H/q+1/t17-/m1/s1. The fourth-order valence-electron chi connectivity index (χ4n) is 2.50. The van der Waals surface area contributed by atoms with Crippen LogP contribution in [0.2, 0.25) is 0 Å². The fourth-order valence-corrected chi connectivity index (χ4v) is 4.00. The number of hydrogen-bond donors (Lipinski definition) is 0. The Morgan fingerprint density at radius 2 is 1.48 bits per heavy atom. The highest BCUT2D eigenvalue weighted by molar-refractivity contribution is 7.66. The second-order valence-corrected chi connectivity index (χ2v) is 6.34. The summed E-state index contributed by atoms with van der Waals surface area (Å²) in [5.41, 5.74) is 4.10. The van der Waals surface area contributed by atoms with Gasteiger partial charge < -0.3 is 0 Å². The molecule has 3 aromatic rings. The number of rotatable bonds is 5. The van der Waals surface area contributed by atoms with Crippen molar-refractivity contribution < 1.29 is 4.21 Å². The van der Waals surface area contributed by atoms with E-state index in [2.05, 4.69) is 29.2 Å². The van der Waals surface area contributed by atoms with Gasteiger partial charge in [0, 0.05) is 10.4 Å². The first kappa shape index (κ1) is 14.0. The van der Waals surface area contributed by atoms with Gasteiger partial charge in [0.05, 0.1) is 16.3 Å². The van der Waals surface area contributed by atoms with E-state index in [4.69, 9.17) is 0 Å². The van der Waals surface area contributed by atoms with E-state index in [-0.39, 0.29) is 11.2 Å². The van der Waals surface area contributed by atoms with Crippen LogP contribution in [0, 0.1) is 0 Å². The molecule has 0 amide bonds. The predicted molar refractivity (Wildman–Crippen MR) is 87.6 cm³/mol. The van der Waals surface area contributed by atoms with Gasteiger partial charge in [-0.1, -0.05) is 60.7 Å². The lowest BCUT2D eigenvalue weighted by Gasteiger charge is -2.16. The molecular formula is C17H14NOS2+. The molecule has 0 aliphatic rings. The SMILES string of the molecule is O=[S+][C@H](c1cncs1)C(c1ccccc1)c1ccccc1. The first-order chi connectivity index (χ1) is 10.4. The van der Waals surface area contributed by atoms with Crippen LogP contribution in [0.15, 0.2) is 72.4 Å². The van der Waals surface area contributed by atoms with E-state index in [9.17, 15) is 4.21 Å². The molecule has 2 aromatic carbocycles. The maximum absolute atomic E-state index is 11.8. The highest BCUT2D eigenvalue weighted by Gasteiger charge is 2.38. The summed E-state index contributed by atoms with van der Waals surface area (Å²) in [5, 5.41) is -0.165. The number of nitrogens with zero attached hydrogens (tertiary/aromatic N) is 1. The minimum atomic E-state index is -0.165. The van der Waals surface area contributed by atoms with E-state index >= 15 is 0 Å². The van der Waals surface area contributed by atoms with Crippen molar-refractivity contribution in [2.24, 2.45) is 0 Å². The molecule has 0 unspecified atom stereocenters. The van der Waals surface area contributed by atoms with Crippen LogP contribution in [0.25, 0.3) is 0 Å². The van der Waals surface area contributed by atoms with Crippen LogP contribution in [-0.2, 0) is 15.9 Å². The highest BCUT2D eigenvalue weighted by Crippen LogP contribution is 2.39. The quantitative estimate of drug-likeness (QED) is 0.652. The molecule has 0 spiro atoms. The summed E-state index contributed by atoms with van der Waals surface area (Å²) in [6, 6.07) is 20.4. The fraction of sp³-hybridized carbons (Fsp3) is 0.118. The molecule has 0 N–H and O–H groups in total. The average Bonchev–Trinajstić information content (AvgIpc) is 3.08. The average molecular weight is 312 g/mol. The zero-order valence-corrected chi connectivity index (χ0v) is 12.9. The van der Waals surface area contributed by atoms with Crippen LogP contribution in [0.5, 0.6) is 0 Å². The lowest BCUT2D eigenvalue weighted by atomic mass is 9.88. The molecule has 1 heterocycles. The lowest BCUT2D eigenvalue weighted by Crippen LogP contribution is -2.11.